The summed E-state index contributed by atoms with van der Waals surface area (Å²) in [5, 5.41) is 22.7. The number of hydrogen-bond acceptors (Lipinski definition) is 5. The minimum atomic E-state index is -0.848. The number of piperidine rings is 1. The molecule has 3 heterocycles. The molecule has 1 saturated carbocycles. The van der Waals surface area contributed by atoms with Gasteiger partial charge in [-0.1, -0.05) is 5.21 Å². The molecule has 2 aromatic rings. The van der Waals surface area contributed by atoms with Crippen LogP contribution in [0, 0.1) is 0 Å². The van der Waals surface area contributed by atoms with Crippen LogP contribution in [0.15, 0.2) is 18.6 Å². The molecule has 1 amide bonds. The zero-order valence-electron chi connectivity index (χ0n) is 13.1. The van der Waals surface area contributed by atoms with Crippen LogP contribution < -0.4 is 4.90 Å². The van der Waals surface area contributed by atoms with Gasteiger partial charge in [-0.25, -0.2) is 4.68 Å². The van der Waals surface area contributed by atoms with Crippen LogP contribution in [-0.4, -0.2) is 42.3 Å². The van der Waals surface area contributed by atoms with Crippen LogP contribution in [-0.2, 0) is 17.4 Å². The lowest BCUT2D eigenvalue weighted by Crippen LogP contribution is -2.42. The Balaban J connectivity index is 1.58. The van der Waals surface area contributed by atoms with E-state index in [4.69, 9.17) is 0 Å². The highest BCUT2D eigenvalue weighted by Gasteiger charge is 2.40. The van der Waals surface area contributed by atoms with Crippen molar-refractivity contribution < 1.29 is 9.90 Å². The van der Waals surface area contributed by atoms with Crippen LogP contribution in [0.4, 0.5) is 5.69 Å². The molecule has 122 valence electrons. The number of aromatic nitrogens is 5. The minimum Gasteiger partial charge on any atom is -0.383 e. The molecule has 2 fully saturated rings. The number of anilines is 1. The molecular formula is C15H20N6O2. The van der Waals surface area contributed by atoms with Gasteiger partial charge < -0.3 is 10.0 Å². The second-order valence-electron chi connectivity index (χ2n) is 6.49. The average Bonchev–Trinajstić information content (AvgIpc) is 3.14. The smallest absolute Gasteiger partial charge is 0.251 e. The van der Waals surface area contributed by atoms with Crippen LogP contribution in [0.1, 0.15) is 43.8 Å². The fourth-order valence-electron chi connectivity index (χ4n) is 3.32. The molecule has 23 heavy (non-hydrogen) atoms. The van der Waals surface area contributed by atoms with E-state index >= 15 is 0 Å². The Labute approximate surface area is 133 Å². The first-order valence-electron chi connectivity index (χ1n) is 8.01. The number of hydrogen-bond donors (Lipinski definition) is 1. The summed E-state index contributed by atoms with van der Waals surface area (Å²) in [5.74, 6) is 0.00120. The Hall–Kier alpha value is -2.22. The molecule has 0 bridgehead atoms. The molecular weight excluding hydrogens is 296 g/mol. The summed E-state index contributed by atoms with van der Waals surface area (Å²) in [6.07, 6.45) is 9.32. The lowest BCUT2D eigenvalue weighted by molar-refractivity contribution is -0.123. The first kappa shape index (κ1) is 14.4. The van der Waals surface area contributed by atoms with E-state index in [9.17, 15) is 9.90 Å². The number of rotatable bonds is 3. The van der Waals surface area contributed by atoms with Crippen LogP contribution in [0.2, 0.25) is 0 Å². The number of amides is 1. The molecule has 1 aliphatic heterocycles. The molecule has 0 spiro atoms. The van der Waals surface area contributed by atoms with Gasteiger partial charge >= 0.3 is 0 Å². The maximum absolute atomic E-state index is 12.8. The zero-order valence-corrected chi connectivity index (χ0v) is 13.1. The monoisotopic (exact) mass is 316 g/mol. The zero-order chi connectivity index (χ0) is 16.0. The van der Waals surface area contributed by atoms with E-state index in [1.807, 2.05) is 13.2 Å². The third-order valence-electron chi connectivity index (χ3n) is 4.90. The van der Waals surface area contributed by atoms with Crippen molar-refractivity contribution in [2.45, 2.75) is 43.7 Å². The Morgan fingerprint density at radius 2 is 2.13 bits per heavy atom. The fourth-order valence-corrected chi connectivity index (χ4v) is 3.32. The number of carbonyl (C=O) groups excluding carboxylic acids is 1. The molecule has 1 aliphatic carbocycles. The molecule has 2 aromatic heterocycles. The quantitative estimate of drug-likeness (QED) is 0.902. The highest BCUT2D eigenvalue weighted by Crippen LogP contribution is 2.40. The van der Waals surface area contributed by atoms with Crippen molar-refractivity contribution in [2.24, 2.45) is 7.05 Å². The van der Waals surface area contributed by atoms with Crippen molar-refractivity contribution in [3.63, 3.8) is 0 Å². The topological polar surface area (TPSA) is 89.1 Å². The summed E-state index contributed by atoms with van der Waals surface area (Å²) in [7, 11) is 1.83. The normalized spacial score (nSPS) is 23.8. The summed E-state index contributed by atoms with van der Waals surface area (Å²) in [6, 6.07) is -0.367. The van der Waals surface area contributed by atoms with Gasteiger partial charge in [0.15, 0.2) is 0 Å². The predicted molar refractivity (Wildman–Crippen MR) is 81.6 cm³/mol. The van der Waals surface area contributed by atoms with E-state index in [0.717, 1.165) is 24.9 Å². The van der Waals surface area contributed by atoms with Gasteiger partial charge in [-0.05, 0) is 32.1 Å². The molecule has 2 aliphatic rings. The highest BCUT2D eigenvalue weighted by molar-refractivity contribution is 5.96. The Morgan fingerprint density at radius 1 is 1.30 bits per heavy atom. The van der Waals surface area contributed by atoms with Gasteiger partial charge in [-0.3, -0.25) is 9.48 Å². The van der Waals surface area contributed by atoms with Gasteiger partial charge in [-0.2, -0.15) is 5.10 Å². The Kier molecular flexibility index (Phi) is 3.22. The third kappa shape index (κ3) is 2.33. The van der Waals surface area contributed by atoms with E-state index in [1.165, 1.54) is 0 Å². The molecule has 1 saturated heterocycles. The standard InChI is InChI=1S/C15H20N6O2/c1-19-9-11(8-16-19)20-7-2-4-12(14(20)22)21-10-13(17-18-21)15(23)5-3-6-15/h8-10,12,23H,2-7H2,1H3. The Bertz CT molecular complexity index is 732. The lowest BCUT2D eigenvalue weighted by atomic mass is 9.78. The largest absolute Gasteiger partial charge is 0.383 e. The molecule has 0 aromatic carbocycles. The van der Waals surface area contributed by atoms with E-state index in [1.54, 1.807) is 26.7 Å². The van der Waals surface area contributed by atoms with Gasteiger partial charge in [0.2, 0.25) is 0 Å². The number of aryl methyl sites for hydroxylation is 1. The summed E-state index contributed by atoms with van der Waals surface area (Å²) in [6.45, 7) is 0.687. The molecule has 4 rings (SSSR count). The molecule has 1 N–H and O–H groups in total. The van der Waals surface area contributed by atoms with Crippen molar-refractivity contribution >= 4 is 11.6 Å². The van der Waals surface area contributed by atoms with E-state index in [2.05, 4.69) is 15.4 Å². The molecule has 0 radical (unpaired) electrons. The highest BCUT2D eigenvalue weighted by atomic mass is 16.3. The van der Waals surface area contributed by atoms with Crippen molar-refractivity contribution in [1.82, 2.24) is 24.8 Å². The lowest BCUT2D eigenvalue weighted by Gasteiger charge is -2.34. The summed E-state index contributed by atoms with van der Waals surface area (Å²) < 4.78 is 3.29. The number of aliphatic hydroxyl groups is 1. The van der Waals surface area contributed by atoms with Crippen LogP contribution in [0.25, 0.3) is 0 Å². The molecule has 1 atom stereocenters. The fraction of sp³-hybridized carbons (Fsp3) is 0.600. The first-order valence-corrected chi connectivity index (χ1v) is 8.01. The van der Waals surface area contributed by atoms with Crippen molar-refractivity contribution in [3.05, 3.63) is 24.3 Å². The van der Waals surface area contributed by atoms with Crippen LogP contribution in [0.3, 0.4) is 0 Å². The van der Waals surface area contributed by atoms with E-state index in [0.29, 0.717) is 25.1 Å². The molecule has 1 unspecified atom stereocenters. The van der Waals surface area contributed by atoms with Crippen molar-refractivity contribution in [3.8, 4) is 0 Å². The molecule has 8 nitrogen and oxygen atoms in total. The third-order valence-corrected chi connectivity index (χ3v) is 4.90. The first-order chi connectivity index (χ1) is 11.1. The van der Waals surface area contributed by atoms with Gasteiger partial charge in [0.05, 0.1) is 18.1 Å². The van der Waals surface area contributed by atoms with E-state index in [-0.39, 0.29) is 11.9 Å². The summed E-state index contributed by atoms with van der Waals surface area (Å²) in [4.78, 5) is 14.6. The molecule has 8 heteroatoms. The number of nitrogens with zero attached hydrogens (tertiary/aromatic N) is 6. The maximum Gasteiger partial charge on any atom is 0.251 e. The van der Waals surface area contributed by atoms with Crippen LogP contribution >= 0.6 is 0 Å². The van der Waals surface area contributed by atoms with Crippen LogP contribution in [0.5, 0.6) is 0 Å². The van der Waals surface area contributed by atoms with Crippen molar-refractivity contribution in [2.75, 3.05) is 11.4 Å². The SMILES string of the molecule is Cn1cc(N2CCCC(n3cc(C4(O)CCC4)nn3)C2=O)cn1. The van der Waals surface area contributed by atoms with Gasteiger partial charge in [0.1, 0.15) is 17.3 Å². The summed E-state index contributed by atoms with van der Waals surface area (Å²) >= 11 is 0. The summed E-state index contributed by atoms with van der Waals surface area (Å²) in [5.41, 5.74) is 0.536. The number of carbonyl (C=O) groups is 1. The van der Waals surface area contributed by atoms with Gasteiger partial charge in [0, 0.05) is 19.8 Å². The Morgan fingerprint density at radius 3 is 2.78 bits per heavy atom. The van der Waals surface area contributed by atoms with Gasteiger partial charge in [-0.15, -0.1) is 5.10 Å². The van der Waals surface area contributed by atoms with Crippen molar-refractivity contribution in [1.29, 1.82) is 0 Å². The second-order valence-corrected chi connectivity index (χ2v) is 6.49. The van der Waals surface area contributed by atoms with Gasteiger partial charge in [0.25, 0.3) is 5.91 Å². The minimum absolute atomic E-state index is 0.00120. The average molecular weight is 316 g/mol. The van der Waals surface area contributed by atoms with E-state index < -0.39 is 5.60 Å². The maximum atomic E-state index is 12.8. The predicted octanol–water partition coefficient (Wildman–Crippen LogP) is 0.751. The second kappa shape index (κ2) is 5.16.